The molecule has 0 unspecified atom stereocenters. The number of aryl methyl sites for hydroxylation is 1. The van der Waals surface area contributed by atoms with Gasteiger partial charge in [-0.05, 0) is 29.5 Å². The fraction of sp³-hybridized carbons (Fsp3) is 0.533. The first-order valence-electron chi connectivity index (χ1n) is 7.01. The zero-order valence-electron chi connectivity index (χ0n) is 11.8. The predicted molar refractivity (Wildman–Crippen MR) is 77.3 cm³/mol. The van der Waals surface area contributed by atoms with Crippen molar-refractivity contribution in [3.63, 3.8) is 0 Å². The number of fused-ring (bicyclic) bond motifs is 1. The largest absolute Gasteiger partial charge is 0.341 e. The molecule has 0 radical (unpaired) electrons. The molecule has 0 spiro atoms. The molecule has 1 heterocycles. The van der Waals surface area contributed by atoms with Crippen LogP contribution in [0.2, 0.25) is 0 Å². The van der Waals surface area contributed by atoms with Gasteiger partial charge in [0.15, 0.2) is 0 Å². The number of benzene rings is 1. The van der Waals surface area contributed by atoms with Crippen LogP contribution < -0.4 is 10.6 Å². The first-order chi connectivity index (χ1) is 9.22. The Hall–Kier alpha value is -1.55. The van der Waals surface area contributed by atoms with E-state index in [1.807, 2.05) is 0 Å². The fourth-order valence-electron chi connectivity index (χ4n) is 2.50. The summed E-state index contributed by atoms with van der Waals surface area (Å²) in [4.78, 5) is 13.5. The summed E-state index contributed by atoms with van der Waals surface area (Å²) in [5.74, 6) is 0. The van der Waals surface area contributed by atoms with E-state index in [-0.39, 0.29) is 6.03 Å². The number of nitrogens with zero attached hydrogens (tertiary/aromatic N) is 1. The van der Waals surface area contributed by atoms with Crippen molar-refractivity contribution >= 4 is 6.03 Å². The van der Waals surface area contributed by atoms with E-state index in [0.717, 1.165) is 32.5 Å². The van der Waals surface area contributed by atoms with Crippen molar-refractivity contribution in [1.82, 2.24) is 15.5 Å². The molecule has 0 bridgehead atoms. The summed E-state index contributed by atoms with van der Waals surface area (Å²) < 4.78 is 0. The SMILES string of the molecule is CCc1ccc2c(c1)CN(CCNC(=O)NC)CC2. The van der Waals surface area contributed by atoms with Crippen LogP contribution in [0.3, 0.4) is 0 Å². The van der Waals surface area contributed by atoms with Crippen molar-refractivity contribution < 1.29 is 4.79 Å². The Morgan fingerprint density at radius 3 is 2.95 bits per heavy atom. The van der Waals surface area contributed by atoms with Crippen LogP contribution in [-0.2, 0) is 19.4 Å². The van der Waals surface area contributed by atoms with Gasteiger partial charge < -0.3 is 10.6 Å². The van der Waals surface area contributed by atoms with Crippen LogP contribution in [0.1, 0.15) is 23.6 Å². The first-order valence-corrected chi connectivity index (χ1v) is 7.01. The third-order valence-electron chi connectivity index (χ3n) is 3.71. The van der Waals surface area contributed by atoms with Gasteiger partial charge in [0.2, 0.25) is 0 Å². The quantitative estimate of drug-likeness (QED) is 0.863. The molecule has 0 fully saturated rings. The molecule has 2 rings (SSSR count). The lowest BCUT2D eigenvalue weighted by Crippen LogP contribution is -2.40. The molecule has 104 valence electrons. The van der Waals surface area contributed by atoms with Crippen molar-refractivity contribution in [3.8, 4) is 0 Å². The Kier molecular flexibility index (Phi) is 4.80. The summed E-state index contributed by atoms with van der Waals surface area (Å²) in [5.41, 5.74) is 4.34. The molecule has 1 aliphatic rings. The molecule has 0 atom stereocenters. The number of amides is 2. The minimum absolute atomic E-state index is 0.106. The van der Waals surface area contributed by atoms with Gasteiger partial charge in [-0.1, -0.05) is 25.1 Å². The Morgan fingerprint density at radius 2 is 2.21 bits per heavy atom. The van der Waals surface area contributed by atoms with E-state index in [4.69, 9.17) is 0 Å². The van der Waals surface area contributed by atoms with E-state index in [1.165, 1.54) is 16.7 Å². The average Bonchev–Trinajstić information content (AvgIpc) is 2.46. The van der Waals surface area contributed by atoms with Crippen molar-refractivity contribution in [2.24, 2.45) is 0 Å². The van der Waals surface area contributed by atoms with Gasteiger partial charge in [0, 0.05) is 33.2 Å². The van der Waals surface area contributed by atoms with Crippen molar-refractivity contribution in [1.29, 1.82) is 0 Å². The normalized spacial score (nSPS) is 14.8. The monoisotopic (exact) mass is 261 g/mol. The van der Waals surface area contributed by atoms with Crippen LogP contribution in [0, 0.1) is 0 Å². The number of urea groups is 1. The number of rotatable bonds is 4. The molecule has 1 aliphatic heterocycles. The number of carbonyl (C=O) groups excluding carboxylic acids is 1. The van der Waals surface area contributed by atoms with Gasteiger partial charge in [-0.15, -0.1) is 0 Å². The molecule has 0 saturated heterocycles. The highest BCUT2D eigenvalue weighted by molar-refractivity contribution is 5.73. The lowest BCUT2D eigenvalue weighted by Gasteiger charge is -2.29. The number of hydrogen-bond donors (Lipinski definition) is 2. The maximum atomic E-state index is 11.1. The van der Waals surface area contributed by atoms with E-state index in [0.29, 0.717) is 6.54 Å². The molecule has 0 saturated carbocycles. The Balaban J connectivity index is 1.88. The number of hydrogen-bond acceptors (Lipinski definition) is 2. The summed E-state index contributed by atoms with van der Waals surface area (Å²) in [6.45, 7) is 5.87. The maximum absolute atomic E-state index is 11.1. The zero-order chi connectivity index (χ0) is 13.7. The molecule has 19 heavy (non-hydrogen) atoms. The summed E-state index contributed by atoms with van der Waals surface area (Å²) in [7, 11) is 1.64. The highest BCUT2D eigenvalue weighted by Crippen LogP contribution is 2.20. The Labute approximate surface area is 115 Å². The standard InChI is InChI=1S/C15H23N3O/c1-3-12-4-5-13-6-8-18(11-14(13)10-12)9-7-17-15(19)16-2/h4-5,10H,3,6-9,11H2,1-2H3,(H2,16,17,19). The van der Waals surface area contributed by atoms with Crippen molar-refractivity contribution in [3.05, 3.63) is 34.9 Å². The second-order valence-corrected chi connectivity index (χ2v) is 4.99. The van der Waals surface area contributed by atoms with Gasteiger partial charge >= 0.3 is 6.03 Å². The molecule has 2 N–H and O–H groups in total. The lowest BCUT2D eigenvalue weighted by molar-refractivity contribution is 0.232. The van der Waals surface area contributed by atoms with Crippen LogP contribution >= 0.6 is 0 Å². The molecule has 1 aromatic carbocycles. The molecular weight excluding hydrogens is 238 g/mol. The highest BCUT2D eigenvalue weighted by atomic mass is 16.2. The van der Waals surface area contributed by atoms with Gasteiger partial charge in [-0.2, -0.15) is 0 Å². The molecule has 1 aromatic rings. The molecule has 2 amide bonds. The van der Waals surface area contributed by atoms with Crippen LogP contribution in [0.15, 0.2) is 18.2 Å². The second-order valence-electron chi connectivity index (χ2n) is 4.99. The topological polar surface area (TPSA) is 44.4 Å². The van der Waals surface area contributed by atoms with Crippen molar-refractivity contribution in [2.45, 2.75) is 26.3 Å². The molecule has 4 nitrogen and oxygen atoms in total. The van der Waals surface area contributed by atoms with Crippen LogP contribution in [-0.4, -0.2) is 37.6 Å². The highest BCUT2D eigenvalue weighted by Gasteiger charge is 2.16. The maximum Gasteiger partial charge on any atom is 0.314 e. The smallest absolute Gasteiger partial charge is 0.314 e. The molecule has 0 aromatic heterocycles. The molecule has 0 aliphatic carbocycles. The van der Waals surface area contributed by atoms with Gasteiger partial charge in [-0.3, -0.25) is 4.90 Å². The fourth-order valence-corrected chi connectivity index (χ4v) is 2.50. The number of nitrogens with one attached hydrogen (secondary N) is 2. The van der Waals surface area contributed by atoms with E-state index in [1.54, 1.807) is 7.05 Å². The van der Waals surface area contributed by atoms with Crippen LogP contribution in [0.5, 0.6) is 0 Å². The Bertz CT molecular complexity index is 445. The summed E-state index contributed by atoms with van der Waals surface area (Å²) >= 11 is 0. The minimum Gasteiger partial charge on any atom is -0.341 e. The summed E-state index contributed by atoms with van der Waals surface area (Å²) in [6, 6.07) is 6.73. The average molecular weight is 261 g/mol. The van der Waals surface area contributed by atoms with Gasteiger partial charge in [0.25, 0.3) is 0 Å². The van der Waals surface area contributed by atoms with Crippen LogP contribution in [0.25, 0.3) is 0 Å². The van der Waals surface area contributed by atoms with Gasteiger partial charge in [-0.25, -0.2) is 4.79 Å². The minimum atomic E-state index is -0.106. The second kappa shape index (κ2) is 6.57. The number of carbonyl (C=O) groups is 1. The van der Waals surface area contributed by atoms with E-state index in [9.17, 15) is 4.79 Å². The van der Waals surface area contributed by atoms with E-state index < -0.39 is 0 Å². The lowest BCUT2D eigenvalue weighted by atomic mass is 9.96. The summed E-state index contributed by atoms with van der Waals surface area (Å²) in [5, 5.41) is 5.40. The van der Waals surface area contributed by atoms with Gasteiger partial charge in [0.05, 0.1) is 0 Å². The van der Waals surface area contributed by atoms with E-state index in [2.05, 4.69) is 40.7 Å². The molecular formula is C15H23N3O. The molecule has 4 heteroatoms. The predicted octanol–water partition coefficient (Wildman–Crippen LogP) is 1.54. The third kappa shape index (κ3) is 3.70. The Morgan fingerprint density at radius 1 is 1.37 bits per heavy atom. The van der Waals surface area contributed by atoms with Gasteiger partial charge in [0.1, 0.15) is 0 Å². The van der Waals surface area contributed by atoms with Crippen LogP contribution in [0.4, 0.5) is 4.79 Å². The zero-order valence-corrected chi connectivity index (χ0v) is 11.8. The van der Waals surface area contributed by atoms with Crippen molar-refractivity contribution in [2.75, 3.05) is 26.7 Å². The summed E-state index contributed by atoms with van der Waals surface area (Å²) in [6.07, 6.45) is 2.20. The third-order valence-corrected chi connectivity index (χ3v) is 3.71. The van der Waals surface area contributed by atoms with E-state index >= 15 is 0 Å². The first kappa shape index (κ1) is 13.9.